The Labute approximate surface area is 131 Å². The summed E-state index contributed by atoms with van der Waals surface area (Å²) in [6.07, 6.45) is -0.549. The molecule has 0 unspecified atom stereocenters. The van der Waals surface area contributed by atoms with Crippen molar-refractivity contribution in [2.24, 2.45) is 0 Å². The monoisotopic (exact) mass is 299 g/mol. The Kier molecular flexibility index (Phi) is 5.42. The van der Waals surface area contributed by atoms with E-state index in [1.807, 2.05) is 55.5 Å². The second-order valence-corrected chi connectivity index (χ2v) is 5.15. The van der Waals surface area contributed by atoms with Crippen molar-refractivity contribution >= 4 is 5.91 Å². The number of nitrogens with one attached hydrogen (secondary N) is 1. The van der Waals surface area contributed by atoms with E-state index in [0.29, 0.717) is 12.3 Å². The zero-order valence-corrected chi connectivity index (χ0v) is 13.1. The van der Waals surface area contributed by atoms with Crippen molar-refractivity contribution in [3.63, 3.8) is 0 Å². The second-order valence-electron chi connectivity index (χ2n) is 5.15. The van der Waals surface area contributed by atoms with E-state index in [4.69, 9.17) is 9.47 Å². The Morgan fingerprint density at radius 3 is 2.59 bits per heavy atom. The molecule has 4 heteroatoms. The molecule has 0 heterocycles. The Morgan fingerprint density at radius 2 is 1.86 bits per heavy atom. The molecule has 2 aromatic carbocycles. The number of ether oxygens (including phenoxy) is 2. The zero-order chi connectivity index (χ0) is 15.9. The Bertz CT molecular complexity index is 640. The van der Waals surface area contributed by atoms with Crippen LogP contribution in [0.3, 0.4) is 0 Å². The van der Waals surface area contributed by atoms with E-state index < -0.39 is 6.10 Å². The first-order chi connectivity index (χ1) is 10.6. The van der Waals surface area contributed by atoms with Crippen LogP contribution in [0.5, 0.6) is 11.5 Å². The normalized spacial score (nSPS) is 11.6. The van der Waals surface area contributed by atoms with Crippen molar-refractivity contribution in [2.45, 2.75) is 26.5 Å². The van der Waals surface area contributed by atoms with Gasteiger partial charge < -0.3 is 14.8 Å². The highest BCUT2D eigenvalue weighted by Crippen LogP contribution is 2.15. The number of benzene rings is 2. The predicted octanol–water partition coefficient (Wildman–Crippen LogP) is 3.09. The van der Waals surface area contributed by atoms with E-state index in [0.717, 1.165) is 16.9 Å². The van der Waals surface area contributed by atoms with Crippen LogP contribution in [-0.2, 0) is 11.3 Å². The second kappa shape index (κ2) is 7.50. The van der Waals surface area contributed by atoms with Crippen LogP contribution in [0.15, 0.2) is 48.5 Å². The lowest BCUT2D eigenvalue weighted by molar-refractivity contribution is -0.127. The quantitative estimate of drug-likeness (QED) is 0.891. The topological polar surface area (TPSA) is 47.6 Å². The van der Waals surface area contributed by atoms with Crippen molar-refractivity contribution in [2.75, 3.05) is 7.11 Å². The number of carbonyl (C=O) groups excluding carboxylic acids is 1. The smallest absolute Gasteiger partial charge is 0.261 e. The Morgan fingerprint density at radius 1 is 1.14 bits per heavy atom. The van der Waals surface area contributed by atoms with Gasteiger partial charge in [-0.25, -0.2) is 0 Å². The highest BCUT2D eigenvalue weighted by molar-refractivity contribution is 5.80. The van der Waals surface area contributed by atoms with Gasteiger partial charge in [0.15, 0.2) is 6.10 Å². The summed E-state index contributed by atoms with van der Waals surface area (Å²) in [5, 5.41) is 2.87. The Hall–Kier alpha value is -2.49. The first-order valence-electron chi connectivity index (χ1n) is 7.22. The third kappa shape index (κ3) is 4.52. The van der Waals surface area contributed by atoms with Crippen molar-refractivity contribution in [3.05, 3.63) is 59.7 Å². The lowest BCUT2D eigenvalue weighted by Crippen LogP contribution is -2.35. The lowest BCUT2D eigenvalue weighted by atomic mass is 10.2. The first-order valence-corrected chi connectivity index (χ1v) is 7.22. The molecule has 116 valence electrons. The van der Waals surface area contributed by atoms with Crippen LogP contribution in [0.1, 0.15) is 18.1 Å². The lowest BCUT2D eigenvalue weighted by Gasteiger charge is -2.15. The SMILES string of the molecule is COc1cccc(CNC(=O)[C@H](C)Oc2cccc(C)c2)c1. The Balaban J connectivity index is 1.88. The van der Waals surface area contributed by atoms with Gasteiger partial charge in [-0.15, -0.1) is 0 Å². The molecule has 0 aliphatic rings. The molecule has 0 aromatic heterocycles. The number of amides is 1. The molecule has 0 saturated carbocycles. The van der Waals surface area contributed by atoms with Gasteiger partial charge in [-0.2, -0.15) is 0 Å². The van der Waals surface area contributed by atoms with Crippen LogP contribution >= 0.6 is 0 Å². The third-order valence-electron chi connectivity index (χ3n) is 3.27. The molecule has 2 aromatic rings. The standard InChI is InChI=1S/C18H21NO3/c1-13-6-4-9-17(10-13)22-14(2)18(20)19-12-15-7-5-8-16(11-15)21-3/h4-11,14H,12H2,1-3H3,(H,19,20)/t14-/m0/s1. The van der Waals surface area contributed by atoms with E-state index >= 15 is 0 Å². The summed E-state index contributed by atoms with van der Waals surface area (Å²) in [5.41, 5.74) is 2.08. The highest BCUT2D eigenvalue weighted by Gasteiger charge is 2.14. The summed E-state index contributed by atoms with van der Waals surface area (Å²) >= 11 is 0. The molecule has 0 bridgehead atoms. The van der Waals surface area contributed by atoms with Crippen LogP contribution in [0, 0.1) is 6.92 Å². The van der Waals surface area contributed by atoms with Crippen LogP contribution in [0.25, 0.3) is 0 Å². The fourth-order valence-corrected chi connectivity index (χ4v) is 2.06. The maximum atomic E-state index is 12.1. The average Bonchev–Trinajstić information content (AvgIpc) is 2.52. The number of hydrogen-bond donors (Lipinski definition) is 1. The minimum absolute atomic E-state index is 0.149. The van der Waals surface area contributed by atoms with Crippen molar-refractivity contribution in [1.82, 2.24) is 5.32 Å². The summed E-state index contributed by atoms with van der Waals surface area (Å²) in [7, 11) is 1.62. The van der Waals surface area contributed by atoms with Gasteiger partial charge in [0.2, 0.25) is 0 Å². The van der Waals surface area contributed by atoms with E-state index in [1.165, 1.54) is 0 Å². The van der Waals surface area contributed by atoms with E-state index in [1.54, 1.807) is 14.0 Å². The largest absolute Gasteiger partial charge is 0.497 e. The summed E-state index contributed by atoms with van der Waals surface area (Å²) in [4.78, 5) is 12.1. The van der Waals surface area contributed by atoms with Crippen LogP contribution in [0.4, 0.5) is 0 Å². The van der Waals surface area contributed by atoms with Crippen LogP contribution in [0.2, 0.25) is 0 Å². The number of aryl methyl sites for hydroxylation is 1. The van der Waals surface area contributed by atoms with Gasteiger partial charge in [-0.3, -0.25) is 4.79 Å². The summed E-state index contributed by atoms with van der Waals surface area (Å²) in [6, 6.07) is 15.2. The molecule has 0 fully saturated rings. The number of rotatable bonds is 6. The van der Waals surface area contributed by atoms with Crippen molar-refractivity contribution in [1.29, 1.82) is 0 Å². The summed E-state index contributed by atoms with van der Waals surface area (Å²) in [6.45, 7) is 4.17. The highest BCUT2D eigenvalue weighted by atomic mass is 16.5. The molecule has 0 saturated heterocycles. The molecule has 0 radical (unpaired) electrons. The molecule has 2 rings (SSSR count). The molecule has 22 heavy (non-hydrogen) atoms. The van der Waals surface area contributed by atoms with E-state index in [2.05, 4.69) is 5.32 Å². The first kappa shape index (κ1) is 15.9. The van der Waals surface area contributed by atoms with Gasteiger partial charge >= 0.3 is 0 Å². The number of carbonyl (C=O) groups is 1. The van der Waals surface area contributed by atoms with Gasteiger partial charge in [0, 0.05) is 6.54 Å². The maximum absolute atomic E-state index is 12.1. The molecule has 1 amide bonds. The van der Waals surface area contributed by atoms with Crippen LogP contribution < -0.4 is 14.8 Å². The third-order valence-corrected chi connectivity index (χ3v) is 3.27. The fourth-order valence-electron chi connectivity index (χ4n) is 2.06. The van der Waals surface area contributed by atoms with Gasteiger partial charge in [0.25, 0.3) is 5.91 Å². The van der Waals surface area contributed by atoms with Crippen molar-refractivity contribution in [3.8, 4) is 11.5 Å². The molecular formula is C18H21NO3. The van der Waals surface area contributed by atoms with Crippen LogP contribution in [-0.4, -0.2) is 19.1 Å². The molecule has 4 nitrogen and oxygen atoms in total. The number of hydrogen-bond acceptors (Lipinski definition) is 3. The molecular weight excluding hydrogens is 278 g/mol. The van der Waals surface area contributed by atoms with Gasteiger partial charge in [0.1, 0.15) is 11.5 Å². The zero-order valence-electron chi connectivity index (χ0n) is 13.1. The maximum Gasteiger partial charge on any atom is 0.261 e. The van der Waals surface area contributed by atoms with Gasteiger partial charge in [-0.05, 0) is 49.2 Å². The van der Waals surface area contributed by atoms with Gasteiger partial charge in [0.05, 0.1) is 7.11 Å². The number of methoxy groups -OCH3 is 1. The fraction of sp³-hybridized carbons (Fsp3) is 0.278. The summed E-state index contributed by atoms with van der Waals surface area (Å²) in [5.74, 6) is 1.32. The molecule has 1 atom stereocenters. The minimum Gasteiger partial charge on any atom is -0.497 e. The molecule has 1 N–H and O–H groups in total. The minimum atomic E-state index is -0.549. The van der Waals surface area contributed by atoms with E-state index in [-0.39, 0.29) is 5.91 Å². The summed E-state index contributed by atoms with van der Waals surface area (Å²) < 4.78 is 10.8. The average molecular weight is 299 g/mol. The molecule has 0 aliphatic heterocycles. The van der Waals surface area contributed by atoms with Crippen molar-refractivity contribution < 1.29 is 14.3 Å². The van der Waals surface area contributed by atoms with E-state index in [9.17, 15) is 4.79 Å². The van der Waals surface area contributed by atoms with Gasteiger partial charge in [-0.1, -0.05) is 24.3 Å². The predicted molar refractivity (Wildman–Crippen MR) is 86.1 cm³/mol. The molecule has 0 spiro atoms. The molecule has 0 aliphatic carbocycles.